The summed E-state index contributed by atoms with van der Waals surface area (Å²) in [5.41, 5.74) is 0. The zero-order chi connectivity index (χ0) is 21.1. The van der Waals surface area contributed by atoms with Gasteiger partial charge in [-0.25, -0.2) is 8.42 Å². The predicted molar refractivity (Wildman–Crippen MR) is 119 cm³/mol. The molecule has 6 heteroatoms. The SMILES string of the molecule is CCCCCCCCCCCCCCCCCCCC(O)CC(C)S(=O)(=O)[O-].[K+]. The van der Waals surface area contributed by atoms with Crippen molar-refractivity contribution in [3.63, 3.8) is 0 Å². The fraction of sp³-hybridized carbons (Fsp3) is 1.00. The van der Waals surface area contributed by atoms with Gasteiger partial charge in [-0.2, -0.15) is 0 Å². The summed E-state index contributed by atoms with van der Waals surface area (Å²) < 4.78 is 32.5. The van der Waals surface area contributed by atoms with Crippen molar-refractivity contribution in [1.29, 1.82) is 0 Å². The van der Waals surface area contributed by atoms with Gasteiger partial charge in [-0.15, -0.1) is 0 Å². The van der Waals surface area contributed by atoms with Crippen LogP contribution in [0.2, 0.25) is 0 Å². The van der Waals surface area contributed by atoms with Gasteiger partial charge in [0.05, 0.1) is 16.2 Å². The fourth-order valence-electron chi connectivity index (χ4n) is 3.72. The summed E-state index contributed by atoms with van der Waals surface area (Å²) in [5, 5.41) is 8.81. The van der Waals surface area contributed by atoms with Crippen molar-refractivity contribution in [2.45, 2.75) is 147 Å². The number of aliphatic hydroxyl groups is 1. The molecule has 0 saturated heterocycles. The summed E-state index contributed by atoms with van der Waals surface area (Å²) >= 11 is 0. The minimum Gasteiger partial charge on any atom is -0.748 e. The van der Waals surface area contributed by atoms with Crippen LogP contribution in [0.4, 0.5) is 0 Å². The molecule has 0 aromatic rings. The smallest absolute Gasteiger partial charge is 0.748 e. The Morgan fingerprint density at radius 1 is 0.690 bits per heavy atom. The molecule has 1 N–H and O–H groups in total. The van der Waals surface area contributed by atoms with E-state index in [1.54, 1.807) is 0 Å². The van der Waals surface area contributed by atoms with E-state index < -0.39 is 21.5 Å². The van der Waals surface area contributed by atoms with Crippen LogP contribution in [0.1, 0.15) is 136 Å². The first-order chi connectivity index (χ1) is 13.4. The van der Waals surface area contributed by atoms with Gasteiger partial charge in [0.2, 0.25) is 0 Å². The van der Waals surface area contributed by atoms with Crippen LogP contribution in [0.5, 0.6) is 0 Å². The summed E-state index contributed by atoms with van der Waals surface area (Å²) in [5.74, 6) is 0. The molecule has 0 radical (unpaired) electrons. The number of hydrogen-bond donors (Lipinski definition) is 1. The molecule has 0 aromatic carbocycles. The molecule has 0 aliphatic carbocycles. The molecule has 0 spiro atoms. The standard InChI is InChI=1S/C23H48O4S.K/c1-3-4-5-6-7-8-9-10-11-12-13-14-15-16-17-18-19-20-23(24)21-22(2)28(25,26)27;/h22-24H,3-21H2,1-2H3,(H,25,26,27);/q;+1/p-1. The maximum atomic E-state index is 10.8. The van der Waals surface area contributed by atoms with Crippen molar-refractivity contribution in [3.8, 4) is 0 Å². The summed E-state index contributed by atoms with van der Waals surface area (Å²) in [6, 6.07) is 0. The van der Waals surface area contributed by atoms with Crippen LogP contribution >= 0.6 is 0 Å². The molecular formula is C23H47KO4S. The maximum Gasteiger partial charge on any atom is 1.00 e. The number of aliphatic hydroxyl groups excluding tert-OH is 1. The number of unbranched alkanes of at least 4 members (excludes halogenated alkanes) is 16. The van der Waals surface area contributed by atoms with Crippen LogP contribution in [0.25, 0.3) is 0 Å². The molecule has 0 aromatic heterocycles. The summed E-state index contributed by atoms with van der Waals surface area (Å²) in [6.45, 7) is 3.64. The Kier molecular flexibility index (Phi) is 25.6. The molecule has 0 aliphatic heterocycles. The topological polar surface area (TPSA) is 77.4 Å². The molecule has 0 bridgehead atoms. The normalized spacial score (nSPS) is 13.8. The van der Waals surface area contributed by atoms with Crippen LogP contribution in [0.15, 0.2) is 0 Å². The molecule has 29 heavy (non-hydrogen) atoms. The van der Waals surface area contributed by atoms with E-state index in [4.69, 9.17) is 0 Å². The molecule has 0 rings (SSSR count). The van der Waals surface area contributed by atoms with Gasteiger partial charge in [0.1, 0.15) is 0 Å². The number of hydrogen-bond acceptors (Lipinski definition) is 4. The van der Waals surface area contributed by atoms with Gasteiger partial charge < -0.3 is 9.66 Å². The molecule has 0 heterocycles. The fourth-order valence-corrected chi connectivity index (χ4v) is 4.18. The maximum absolute atomic E-state index is 10.8. The molecule has 170 valence electrons. The second-order valence-electron chi connectivity index (χ2n) is 8.64. The van der Waals surface area contributed by atoms with E-state index in [1.807, 2.05) is 0 Å². The zero-order valence-corrected chi connectivity index (χ0v) is 23.6. The third kappa shape index (κ3) is 24.0. The van der Waals surface area contributed by atoms with Crippen molar-refractivity contribution in [3.05, 3.63) is 0 Å². The minimum atomic E-state index is -4.27. The molecular weight excluding hydrogens is 411 g/mol. The van der Waals surface area contributed by atoms with E-state index in [1.165, 1.54) is 103 Å². The molecule has 2 atom stereocenters. The average molecular weight is 459 g/mol. The van der Waals surface area contributed by atoms with E-state index >= 15 is 0 Å². The Hall–Kier alpha value is 1.51. The van der Waals surface area contributed by atoms with Crippen molar-refractivity contribution in [2.24, 2.45) is 0 Å². The van der Waals surface area contributed by atoms with Crippen LogP contribution in [-0.2, 0) is 10.1 Å². The van der Waals surface area contributed by atoms with Gasteiger partial charge in [0.25, 0.3) is 0 Å². The molecule has 0 fully saturated rings. The van der Waals surface area contributed by atoms with Crippen LogP contribution in [0.3, 0.4) is 0 Å². The van der Waals surface area contributed by atoms with E-state index in [-0.39, 0.29) is 57.8 Å². The first kappa shape index (κ1) is 32.7. The van der Waals surface area contributed by atoms with Crippen LogP contribution in [-0.4, -0.2) is 29.4 Å². The zero-order valence-electron chi connectivity index (χ0n) is 19.7. The van der Waals surface area contributed by atoms with Gasteiger partial charge in [0, 0.05) is 5.25 Å². The summed E-state index contributed by atoms with van der Waals surface area (Å²) in [6.07, 6.45) is 22.4. The van der Waals surface area contributed by atoms with Crippen LogP contribution < -0.4 is 51.4 Å². The molecule has 2 unspecified atom stereocenters. The third-order valence-electron chi connectivity index (χ3n) is 5.74. The monoisotopic (exact) mass is 458 g/mol. The van der Waals surface area contributed by atoms with Gasteiger partial charge in [-0.1, -0.05) is 116 Å². The Morgan fingerprint density at radius 3 is 1.31 bits per heavy atom. The average Bonchev–Trinajstić information content (AvgIpc) is 2.63. The predicted octanol–water partition coefficient (Wildman–Crippen LogP) is 3.72. The van der Waals surface area contributed by atoms with E-state index in [2.05, 4.69) is 6.92 Å². The van der Waals surface area contributed by atoms with Crippen molar-refractivity contribution in [2.75, 3.05) is 0 Å². The van der Waals surface area contributed by atoms with E-state index in [9.17, 15) is 18.1 Å². The van der Waals surface area contributed by atoms with E-state index in [0.29, 0.717) is 6.42 Å². The number of rotatable bonds is 21. The van der Waals surface area contributed by atoms with Crippen molar-refractivity contribution >= 4 is 10.1 Å². The molecule has 0 saturated carbocycles. The van der Waals surface area contributed by atoms with Crippen molar-refractivity contribution < 1.29 is 69.5 Å². The Bertz CT molecular complexity index is 429. The summed E-state index contributed by atoms with van der Waals surface area (Å²) in [4.78, 5) is 0. The second kappa shape index (κ2) is 22.7. The van der Waals surface area contributed by atoms with Crippen LogP contribution in [0, 0.1) is 0 Å². The van der Waals surface area contributed by atoms with Gasteiger partial charge in [0.15, 0.2) is 0 Å². The Labute approximate surface area is 224 Å². The Balaban J connectivity index is 0. The summed E-state index contributed by atoms with van der Waals surface area (Å²) in [7, 11) is -4.27. The molecule has 0 amide bonds. The van der Waals surface area contributed by atoms with Crippen molar-refractivity contribution in [1.82, 2.24) is 0 Å². The Morgan fingerprint density at radius 2 is 1.00 bits per heavy atom. The van der Waals surface area contributed by atoms with Gasteiger partial charge in [-0.3, -0.25) is 0 Å². The molecule has 4 nitrogen and oxygen atoms in total. The first-order valence-electron chi connectivity index (χ1n) is 12.0. The van der Waals surface area contributed by atoms with Gasteiger partial charge >= 0.3 is 51.4 Å². The largest absolute Gasteiger partial charge is 1.00 e. The quantitative estimate of drug-likeness (QED) is 0.162. The third-order valence-corrected chi connectivity index (χ3v) is 6.92. The second-order valence-corrected chi connectivity index (χ2v) is 10.4. The minimum absolute atomic E-state index is 0. The molecule has 0 aliphatic rings. The van der Waals surface area contributed by atoms with Gasteiger partial charge in [-0.05, 0) is 19.8 Å². The van der Waals surface area contributed by atoms with E-state index in [0.717, 1.165) is 12.8 Å². The first-order valence-corrected chi connectivity index (χ1v) is 13.5.